The molecule has 1 aromatic heterocycles. The van der Waals surface area contributed by atoms with Gasteiger partial charge in [0.25, 0.3) is 0 Å². The zero-order valence-corrected chi connectivity index (χ0v) is 16.2. The van der Waals surface area contributed by atoms with E-state index in [9.17, 15) is 4.79 Å². The average molecular weight is 357 g/mol. The van der Waals surface area contributed by atoms with Crippen molar-refractivity contribution in [3.8, 4) is 16.9 Å². The molecule has 138 valence electrons. The van der Waals surface area contributed by atoms with Crippen LogP contribution in [0.3, 0.4) is 0 Å². The molecule has 1 aliphatic carbocycles. The van der Waals surface area contributed by atoms with Gasteiger partial charge >= 0.3 is 0 Å². The maximum absolute atomic E-state index is 11.6. The lowest BCUT2D eigenvalue weighted by atomic mass is 9.84. The summed E-state index contributed by atoms with van der Waals surface area (Å²) in [7, 11) is 0. The molecule has 0 spiro atoms. The van der Waals surface area contributed by atoms with Crippen LogP contribution < -0.4 is 0 Å². The number of Topliss-reactive ketones (excluding diaryl/α,β-unsaturated/α-hetero) is 1. The van der Waals surface area contributed by atoms with Gasteiger partial charge in [0.05, 0.1) is 5.69 Å². The summed E-state index contributed by atoms with van der Waals surface area (Å²) >= 11 is 0. The van der Waals surface area contributed by atoms with Gasteiger partial charge in [0.15, 0.2) is 5.78 Å². The fraction of sp³-hybridized carbons (Fsp3) is 0.320. The topological polar surface area (TPSA) is 22.0 Å². The molecular formula is C25H27NO. The predicted octanol–water partition coefficient (Wildman–Crippen LogP) is 6.70. The van der Waals surface area contributed by atoms with E-state index in [0.717, 1.165) is 17.2 Å². The largest absolute Gasteiger partial charge is 0.314 e. The first-order valence-electron chi connectivity index (χ1n) is 10.0. The molecule has 0 atom stereocenters. The molecule has 0 bridgehead atoms. The fourth-order valence-corrected chi connectivity index (χ4v) is 4.31. The Hall–Kier alpha value is -2.61. The number of hydrogen-bond acceptors (Lipinski definition) is 1. The van der Waals surface area contributed by atoms with E-state index in [0.29, 0.717) is 0 Å². The Labute approximate surface area is 161 Å². The monoisotopic (exact) mass is 357 g/mol. The van der Waals surface area contributed by atoms with Crippen molar-refractivity contribution in [2.45, 2.75) is 51.9 Å². The lowest BCUT2D eigenvalue weighted by Gasteiger charge is -2.22. The fourth-order valence-electron chi connectivity index (χ4n) is 4.31. The van der Waals surface area contributed by atoms with Crippen LogP contribution in [-0.4, -0.2) is 10.4 Å². The minimum atomic E-state index is 0.101. The standard InChI is InChI=1S/C25H27NO/c1-18-8-17-25(26(18)24-15-13-20(14-16-24)19(2)27)23-11-9-22(10-12-23)21-6-4-3-5-7-21/h8-17,21H,3-7H2,1-2H3. The molecule has 2 aromatic carbocycles. The summed E-state index contributed by atoms with van der Waals surface area (Å²) in [5, 5.41) is 0. The van der Waals surface area contributed by atoms with E-state index >= 15 is 0 Å². The van der Waals surface area contributed by atoms with E-state index in [4.69, 9.17) is 0 Å². The second-order valence-corrected chi connectivity index (χ2v) is 7.76. The van der Waals surface area contributed by atoms with Gasteiger partial charge in [-0.05, 0) is 80.1 Å². The van der Waals surface area contributed by atoms with E-state index in [-0.39, 0.29) is 5.78 Å². The third-order valence-electron chi connectivity index (χ3n) is 5.89. The molecule has 0 saturated heterocycles. The van der Waals surface area contributed by atoms with Crippen molar-refractivity contribution in [3.63, 3.8) is 0 Å². The van der Waals surface area contributed by atoms with Crippen molar-refractivity contribution in [1.29, 1.82) is 0 Å². The minimum Gasteiger partial charge on any atom is -0.314 e. The molecule has 0 amide bonds. The molecular weight excluding hydrogens is 330 g/mol. The number of aromatic nitrogens is 1. The number of carbonyl (C=O) groups excluding carboxylic acids is 1. The molecule has 27 heavy (non-hydrogen) atoms. The number of rotatable bonds is 4. The van der Waals surface area contributed by atoms with Crippen LogP contribution in [0.4, 0.5) is 0 Å². The molecule has 1 fully saturated rings. The van der Waals surface area contributed by atoms with Crippen molar-refractivity contribution in [1.82, 2.24) is 4.57 Å². The van der Waals surface area contributed by atoms with Gasteiger partial charge in [-0.3, -0.25) is 4.79 Å². The highest BCUT2D eigenvalue weighted by Crippen LogP contribution is 2.34. The summed E-state index contributed by atoms with van der Waals surface area (Å²) in [4.78, 5) is 11.6. The molecule has 1 saturated carbocycles. The Kier molecular flexibility index (Phi) is 4.98. The van der Waals surface area contributed by atoms with Gasteiger partial charge in [-0.1, -0.05) is 43.5 Å². The molecule has 4 rings (SSSR count). The zero-order chi connectivity index (χ0) is 18.8. The molecule has 1 aliphatic rings. The normalized spacial score (nSPS) is 15.0. The molecule has 2 heteroatoms. The van der Waals surface area contributed by atoms with Gasteiger partial charge in [0.2, 0.25) is 0 Å². The molecule has 0 unspecified atom stereocenters. The lowest BCUT2D eigenvalue weighted by Crippen LogP contribution is -2.04. The number of hydrogen-bond donors (Lipinski definition) is 0. The first-order valence-corrected chi connectivity index (χ1v) is 10.0. The highest BCUT2D eigenvalue weighted by atomic mass is 16.1. The Morgan fingerprint density at radius 3 is 2.15 bits per heavy atom. The Morgan fingerprint density at radius 2 is 1.52 bits per heavy atom. The second kappa shape index (κ2) is 7.56. The molecule has 0 aliphatic heterocycles. The van der Waals surface area contributed by atoms with Crippen LogP contribution in [0.25, 0.3) is 16.9 Å². The molecule has 0 N–H and O–H groups in total. The summed E-state index contributed by atoms with van der Waals surface area (Å²) in [6.45, 7) is 3.73. The Bertz CT molecular complexity index is 925. The SMILES string of the molecule is CC(=O)c1ccc(-n2c(C)ccc2-c2ccc(C3CCCCC3)cc2)cc1. The molecule has 0 radical (unpaired) electrons. The first-order chi connectivity index (χ1) is 13.1. The highest BCUT2D eigenvalue weighted by molar-refractivity contribution is 5.94. The number of ketones is 1. The maximum atomic E-state index is 11.6. The van der Waals surface area contributed by atoms with Crippen molar-refractivity contribution in [2.24, 2.45) is 0 Å². The third-order valence-corrected chi connectivity index (χ3v) is 5.89. The summed E-state index contributed by atoms with van der Waals surface area (Å²) in [5.41, 5.74) is 6.95. The van der Waals surface area contributed by atoms with E-state index < -0.39 is 0 Å². The number of nitrogens with zero attached hydrogens (tertiary/aromatic N) is 1. The van der Waals surface area contributed by atoms with E-state index in [1.54, 1.807) is 6.92 Å². The van der Waals surface area contributed by atoms with Crippen LogP contribution in [-0.2, 0) is 0 Å². The summed E-state index contributed by atoms with van der Waals surface area (Å²) in [5.74, 6) is 0.838. The number of benzene rings is 2. The van der Waals surface area contributed by atoms with Gasteiger partial charge in [-0.25, -0.2) is 0 Å². The lowest BCUT2D eigenvalue weighted by molar-refractivity contribution is 0.101. The van der Waals surface area contributed by atoms with Gasteiger partial charge in [-0.2, -0.15) is 0 Å². The van der Waals surface area contributed by atoms with Gasteiger partial charge < -0.3 is 4.57 Å². The Morgan fingerprint density at radius 1 is 0.852 bits per heavy atom. The van der Waals surface area contributed by atoms with Crippen molar-refractivity contribution in [2.75, 3.05) is 0 Å². The summed E-state index contributed by atoms with van der Waals surface area (Å²) in [6, 6.07) is 21.4. The van der Waals surface area contributed by atoms with E-state index in [1.807, 2.05) is 24.3 Å². The molecule has 2 nitrogen and oxygen atoms in total. The van der Waals surface area contributed by atoms with Crippen molar-refractivity contribution >= 4 is 5.78 Å². The van der Waals surface area contributed by atoms with E-state index in [2.05, 4.69) is 47.9 Å². The van der Waals surface area contributed by atoms with Crippen molar-refractivity contribution < 1.29 is 4.79 Å². The zero-order valence-electron chi connectivity index (χ0n) is 16.2. The van der Waals surface area contributed by atoms with Gasteiger partial charge in [-0.15, -0.1) is 0 Å². The van der Waals surface area contributed by atoms with Crippen LogP contribution in [0, 0.1) is 6.92 Å². The number of carbonyl (C=O) groups is 1. The van der Waals surface area contributed by atoms with Crippen LogP contribution in [0.2, 0.25) is 0 Å². The third kappa shape index (κ3) is 3.62. The number of aryl methyl sites for hydroxylation is 1. The van der Waals surface area contributed by atoms with Crippen LogP contribution in [0.5, 0.6) is 0 Å². The Balaban J connectivity index is 1.65. The molecule has 1 heterocycles. The quantitative estimate of drug-likeness (QED) is 0.476. The maximum Gasteiger partial charge on any atom is 0.159 e. The predicted molar refractivity (Wildman–Crippen MR) is 112 cm³/mol. The van der Waals surface area contributed by atoms with Crippen molar-refractivity contribution in [3.05, 3.63) is 77.5 Å². The van der Waals surface area contributed by atoms with Crippen LogP contribution in [0.1, 0.15) is 66.6 Å². The summed E-state index contributed by atoms with van der Waals surface area (Å²) < 4.78 is 2.26. The molecule has 3 aromatic rings. The minimum absolute atomic E-state index is 0.101. The summed E-state index contributed by atoms with van der Waals surface area (Å²) in [6.07, 6.45) is 6.79. The van der Waals surface area contributed by atoms with Gasteiger partial charge in [0, 0.05) is 16.9 Å². The van der Waals surface area contributed by atoms with Crippen LogP contribution >= 0.6 is 0 Å². The second-order valence-electron chi connectivity index (χ2n) is 7.76. The van der Waals surface area contributed by atoms with Gasteiger partial charge in [0.1, 0.15) is 0 Å². The van der Waals surface area contributed by atoms with Crippen LogP contribution in [0.15, 0.2) is 60.7 Å². The first kappa shape index (κ1) is 17.8. The average Bonchev–Trinajstić information content (AvgIpc) is 3.10. The smallest absolute Gasteiger partial charge is 0.159 e. The van der Waals surface area contributed by atoms with E-state index in [1.165, 1.54) is 54.6 Å². The highest BCUT2D eigenvalue weighted by Gasteiger charge is 2.16.